The Bertz CT molecular complexity index is 793. The first kappa shape index (κ1) is 24.6. The number of halogens is 2. The van der Waals surface area contributed by atoms with Gasteiger partial charge in [0.25, 0.3) is 0 Å². The summed E-state index contributed by atoms with van der Waals surface area (Å²) in [5.74, 6) is 2.39. The van der Waals surface area contributed by atoms with E-state index < -0.39 is 0 Å². The molecule has 0 spiro atoms. The molecule has 1 aromatic heterocycles. The fraction of sp³-hybridized carbons (Fsp3) is 0.500. The summed E-state index contributed by atoms with van der Waals surface area (Å²) in [5, 5.41) is 6.63. The van der Waals surface area contributed by atoms with Gasteiger partial charge in [-0.05, 0) is 50.1 Å². The van der Waals surface area contributed by atoms with Crippen LogP contribution in [0.1, 0.15) is 30.0 Å². The topological polar surface area (TPSA) is 62.0 Å². The highest BCUT2D eigenvalue weighted by Crippen LogP contribution is 2.24. The van der Waals surface area contributed by atoms with Crippen molar-refractivity contribution in [2.75, 3.05) is 45.9 Å². The number of nitrogens with one attached hydrogen (secondary N) is 2. The molecule has 3 rings (SSSR count). The van der Waals surface area contributed by atoms with Gasteiger partial charge in [0, 0.05) is 26.2 Å². The zero-order valence-electron chi connectivity index (χ0n) is 17.7. The minimum absolute atomic E-state index is 0. The van der Waals surface area contributed by atoms with Gasteiger partial charge < -0.3 is 19.8 Å². The van der Waals surface area contributed by atoms with Crippen LogP contribution in [-0.2, 0) is 11.2 Å². The Kier molecular flexibility index (Phi) is 10.6. The van der Waals surface area contributed by atoms with Crippen LogP contribution in [0.2, 0.25) is 0 Å². The number of rotatable bonds is 8. The molecule has 1 atom stereocenters. The maximum absolute atomic E-state index is 13.3. The number of furan rings is 1. The van der Waals surface area contributed by atoms with Crippen LogP contribution in [-0.4, -0.2) is 56.8 Å². The van der Waals surface area contributed by atoms with E-state index in [4.69, 9.17) is 14.1 Å². The van der Waals surface area contributed by atoms with E-state index in [2.05, 4.69) is 15.5 Å². The van der Waals surface area contributed by atoms with Crippen LogP contribution < -0.4 is 10.6 Å². The third-order valence-corrected chi connectivity index (χ3v) is 4.94. The summed E-state index contributed by atoms with van der Waals surface area (Å²) < 4.78 is 24.8. The molecule has 2 N–H and O–H groups in total. The van der Waals surface area contributed by atoms with Crippen LogP contribution in [0.5, 0.6) is 0 Å². The fourth-order valence-electron chi connectivity index (χ4n) is 3.44. The minimum atomic E-state index is -0.204. The molecule has 2 aromatic rings. The van der Waals surface area contributed by atoms with Gasteiger partial charge in [-0.1, -0.05) is 12.1 Å². The van der Waals surface area contributed by atoms with E-state index in [0.29, 0.717) is 13.1 Å². The lowest BCUT2D eigenvalue weighted by molar-refractivity contribution is 0.0135. The Morgan fingerprint density at radius 2 is 2.00 bits per heavy atom. The normalized spacial score (nSPS) is 16.0. The van der Waals surface area contributed by atoms with Crippen molar-refractivity contribution in [2.45, 2.75) is 26.3 Å². The van der Waals surface area contributed by atoms with Gasteiger partial charge in [0.05, 0.1) is 25.8 Å². The molecule has 8 heteroatoms. The van der Waals surface area contributed by atoms with Crippen molar-refractivity contribution < 1.29 is 13.5 Å². The second-order valence-electron chi connectivity index (χ2n) is 7.14. The third kappa shape index (κ3) is 7.55. The molecule has 0 amide bonds. The van der Waals surface area contributed by atoms with Crippen LogP contribution in [0.25, 0.3) is 0 Å². The number of aryl methyl sites for hydroxylation is 1. The largest absolute Gasteiger partial charge is 0.465 e. The number of hydrogen-bond donors (Lipinski definition) is 2. The molecule has 6 nitrogen and oxygen atoms in total. The molecule has 0 saturated carbocycles. The smallest absolute Gasteiger partial charge is 0.191 e. The van der Waals surface area contributed by atoms with Gasteiger partial charge in [0.1, 0.15) is 17.3 Å². The van der Waals surface area contributed by atoms with Gasteiger partial charge in [0.2, 0.25) is 0 Å². The van der Waals surface area contributed by atoms with Gasteiger partial charge in [-0.15, -0.1) is 24.0 Å². The molecule has 30 heavy (non-hydrogen) atoms. The first-order chi connectivity index (χ1) is 14.2. The van der Waals surface area contributed by atoms with Crippen LogP contribution >= 0.6 is 24.0 Å². The Morgan fingerprint density at radius 1 is 1.20 bits per heavy atom. The van der Waals surface area contributed by atoms with E-state index in [1.54, 1.807) is 12.1 Å². The summed E-state index contributed by atoms with van der Waals surface area (Å²) in [6, 6.07) is 10.8. The SMILES string of the molecule is CCNC(=NCC(c1ccc(C)o1)N1CCOCC1)NCCc1cccc(F)c1.I. The van der Waals surface area contributed by atoms with Crippen molar-refractivity contribution in [1.29, 1.82) is 0 Å². The Morgan fingerprint density at radius 3 is 2.67 bits per heavy atom. The average Bonchev–Trinajstić information content (AvgIpc) is 3.15. The van der Waals surface area contributed by atoms with Gasteiger partial charge >= 0.3 is 0 Å². The summed E-state index contributed by atoms with van der Waals surface area (Å²) in [7, 11) is 0. The summed E-state index contributed by atoms with van der Waals surface area (Å²) >= 11 is 0. The lowest BCUT2D eigenvalue weighted by atomic mass is 10.1. The van der Waals surface area contributed by atoms with Gasteiger partial charge in [-0.2, -0.15) is 0 Å². The first-order valence-electron chi connectivity index (χ1n) is 10.3. The number of morpholine rings is 1. The molecule has 0 aliphatic carbocycles. The predicted molar refractivity (Wildman–Crippen MR) is 128 cm³/mol. The zero-order valence-corrected chi connectivity index (χ0v) is 20.0. The summed E-state index contributed by atoms with van der Waals surface area (Å²) in [6.45, 7) is 9.22. The molecule has 1 aliphatic heterocycles. The molecule has 0 bridgehead atoms. The second kappa shape index (κ2) is 12.9. The number of guanidine groups is 1. The van der Waals surface area contributed by atoms with Gasteiger partial charge in [-0.3, -0.25) is 9.89 Å². The molecule has 1 saturated heterocycles. The average molecular weight is 530 g/mol. The molecular formula is C22H32FIN4O2. The molecule has 0 radical (unpaired) electrons. The molecule has 1 aliphatic rings. The quantitative estimate of drug-likeness (QED) is 0.311. The van der Waals surface area contributed by atoms with Crippen molar-refractivity contribution in [2.24, 2.45) is 4.99 Å². The standard InChI is InChI=1S/C22H31FN4O2.HI/c1-3-24-22(25-10-9-18-5-4-6-19(23)15-18)26-16-20(21-8-7-17(2)29-21)27-11-13-28-14-12-27;/h4-8,15,20H,3,9-14,16H2,1-2H3,(H2,24,25,26);1H. The number of ether oxygens (including phenoxy) is 1. The summed E-state index contributed by atoms with van der Waals surface area (Å²) in [5.41, 5.74) is 0.964. The van der Waals surface area contributed by atoms with E-state index in [1.807, 2.05) is 32.0 Å². The van der Waals surface area contributed by atoms with Crippen LogP contribution in [0.15, 0.2) is 45.8 Å². The van der Waals surface area contributed by atoms with Crippen LogP contribution in [0.4, 0.5) is 4.39 Å². The van der Waals surface area contributed by atoms with E-state index in [1.165, 1.54) is 6.07 Å². The third-order valence-electron chi connectivity index (χ3n) is 4.94. The molecule has 1 fully saturated rings. The molecule has 1 aromatic carbocycles. The first-order valence-corrected chi connectivity index (χ1v) is 10.3. The Labute approximate surface area is 195 Å². The molecule has 2 heterocycles. The van der Waals surface area contributed by atoms with E-state index in [-0.39, 0.29) is 35.8 Å². The highest BCUT2D eigenvalue weighted by atomic mass is 127. The Hall–Kier alpha value is -1.65. The predicted octanol–water partition coefficient (Wildman–Crippen LogP) is 3.52. The molecule has 166 valence electrons. The molecular weight excluding hydrogens is 498 g/mol. The van der Waals surface area contributed by atoms with E-state index >= 15 is 0 Å². The number of nitrogens with zero attached hydrogens (tertiary/aromatic N) is 2. The van der Waals surface area contributed by atoms with Crippen LogP contribution in [0, 0.1) is 12.7 Å². The van der Waals surface area contributed by atoms with Gasteiger partial charge in [0.15, 0.2) is 5.96 Å². The highest BCUT2D eigenvalue weighted by Gasteiger charge is 2.25. The maximum Gasteiger partial charge on any atom is 0.191 e. The second-order valence-corrected chi connectivity index (χ2v) is 7.14. The van der Waals surface area contributed by atoms with E-state index in [9.17, 15) is 4.39 Å². The lowest BCUT2D eigenvalue weighted by Crippen LogP contribution is -2.42. The summed E-state index contributed by atoms with van der Waals surface area (Å²) in [4.78, 5) is 7.16. The van der Waals surface area contributed by atoms with Crippen molar-refractivity contribution in [3.63, 3.8) is 0 Å². The van der Waals surface area contributed by atoms with Crippen molar-refractivity contribution in [3.05, 3.63) is 59.3 Å². The molecule has 1 unspecified atom stereocenters. The lowest BCUT2D eigenvalue weighted by Gasteiger charge is -2.32. The van der Waals surface area contributed by atoms with Crippen molar-refractivity contribution in [3.8, 4) is 0 Å². The summed E-state index contributed by atoms with van der Waals surface area (Å²) in [6.07, 6.45) is 0.729. The monoisotopic (exact) mass is 530 g/mol. The van der Waals surface area contributed by atoms with E-state index in [0.717, 1.165) is 62.3 Å². The van der Waals surface area contributed by atoms with Crippen molar-refractivity contribution in [1.82, 2.24) is 15.5 Å². The fourth-order valence-corrected chi connectivity index (χ4v) is 3.44. The maximum atomic E-state index is 13.3. The number of aliphatic imine (C=N–C) groups is 1. The zero-order chi connectivity index (χ0) is 20.5. The van der Waals surface area contributed by atoms with Gasteiger partial charge in [-0.25, -0.2) is 4.39 Å². The highest BCUT2D eigenvalue weighted by molar-refractivity contribution is 14.0. The van der Waals surface area contributed by atoms with Crippen LogP contribution in [0.3, 0.4) is 0 Å². The number of hydrogen-bond acceptors (Lipinski definition) is 4. The Balaban J connectivity index is 0.00000320. The minimum Gasteiger partial charge on any atom is -0.465 e. The van der Waals surface area contributed by atoms with Crippen molar-refractivity contribution >= 4 is 29.9 Å². The number of benzene rings is 1.